The molecular weight excluding hydrogens is 270 g/mol. The SMILES string of the molecule is Cc1ccc(OCC(=O)N2CCC(C(=O)[O-])CC2)c(C)c1. The average molecular weight is 290 g/mol. The molecule has 1 aromatic carbocycles. The van der Waals surface area contributed by atoms with Gasteiger partial charge in [-0.1, -0.05) is 17.7 Å². The molecule has 0 aliphatic carbocycles. The van der Waals surface area contributed by atoms with Gasteiger partial charge in [-0.25, -0.2) is 0 Å². The molecule has 114 valence electrons. The summed E-state index contributed by atoms with van der Waals surface area (Å²) in [5, 5.41) is 10.8. The number of carbonyl (C=O) groups excluding carboxylic acids is 2. The van der Waals surface area contributed by atoms with Gasteiger partial charge in [0.1, 0.15) is 5.75 Å². The van der Waals surface area contributed by atoms with Crippen LogP contribution >= 0.6 is 0 Å². The molecule has 1 aromatic rings. The molecule has 0 unspecified atom stereocenters. The molecule has 1 heterocycles. The molecular formula is C16H20NO4-. The number of hydrogen-bond donors (Lipinski definition) is 0. The van der Waals surface area contributed by atoms with E-state index in [1.165, 1.54) is 0 Å². The number of amides is 1. The van der Waals surface area contributed by atoms with Gasteiger partial charge in [-0.05, 0) is 38.3 Å². The van der Waals surface area contributed by atoms with E-state index >= 15 is 0 Å². The number of carboxylic acid groups (broad SMARTS) is 1. The number of carbonyl (C=O) groups is 2. The Kier molecular flexibility index (Phi) is 4.83. The van der Waals surface area contributed by atoms with Gasteiger partial charge in [-0.2, -0.15) is 0 Å². The van der Waals surface area contributed by atoms with Crippen molar-refractivity contribution >= 4 is 11.9 Å². The van der Waals surface area contributed by atoms with Crippen LogP contribution in [0.2, 0.25) is 0 Å². The Morgan fingerprint density at radius 1 is 1.29 bits per heavy atom. The van der Waals surface area contributed by atoms with Gasteiger partial charge < -0.3 is 19.5 Å². The highest BCUT2D eigenvalue weighted by Gasteiger charge is 2.23. The number of ether oxygens (including phenoxy) is 1. The Bertz CT molecular complexity index is 533. The van der Waals surface area contributed by atoms with Gasteiger partial charge in [0.2, 0.25) is 0 Å². The number of aryl methyl sites for hydroxylation is 2. The number of carboxylic acids is 1. The summed E-state index contributed by atoms with van der Waals surface area (Å²) in [4.78, 5) is 24.5. The van der Waals surface area contributed by atoms with Crippen LogP contribution in [-0.2, 0) is 9.59 Å². The molecule has 0 spiro atoms. The third-order valence-electron chi connectivity index (χ3n) is 3.86. The lowest BCUT2D eigenvalue weighted by molar-refractivity contribution is -0.312. The highest BCUT2D eigenvalue weighted by atomic mass is 16.5. The smallest absolute Gasteiger partial charge is 0.260 e. The zero-order valence-electron chi connectivity index (χ0n) is 12.4. The van der Waals surface area contributed by atoms with Gasteiger partial charge in [0.25, 0.3) is 5.91 Å². The molecule has 0 radical (unpaired) electrons. The molecule has 0 N–H and O–H groups in total. The van der Waals surface area contributed by atoms with E-state index in [1.807, 2.05) is 32.0 Å². The third kappa shape index (κ3) is 3.97. The van der Waals surface area contributed by atoms with Crippen LogP contribution in [-0.4, -0.2) is 36.5 Å². The Labute approximate surface area is 124 Å². The predicted octanol–water partition coefficient (Wildman–Crippen LogP) is 0.671. The Morgan fingerprint density at radius 2 is 1.95 bits per heavy atom. The van der Waals surface area contributed by atoms with E-state index in [-0.39, 0.29) is 12.5 Å². The summed E-state index contributed by atoms with van der Waals surface area (Å²) in [6.45, 7) is 4.84. The molecule has 0 atom stereocenters. The fourth-order valence-corrected chi connectivity index (χ4v) is 2.56. The minimum Gasteiger partial charge on any atom is -0.550 e. The fourth-order valence-electron chi connectivity index (χ4n) is 2.56. The van der Waals surface area contributed by atoms with E-state index in [1.54, 1.807) is 4.90 Å². The van der Waals surface area contributed by atoms with Crippen molar-refractivity contribution in [2.75, 3.05) is 19.7 Å². The van der Waals surface area contributed by atoms with Gasteiger partial charge in [0, 0.05) is 25.0 Å². The van der Waals surface area contributed by atoms with Crippen LogP contribution in [0.5, 0.6) is 5.75 Å². The minimum absolute atomic E-state index is 0.0140. The zero-order chi connectivity index (χ0) is 15.4. The van der Waals surface area contributed by atoms with Crippen molar-refractivity contribution in [1.82, 2.24) is 4.90 Å². The Balaban J connectivity index is 1.84. The van der Waals surface area contributed by atoms with Crippen molar-refractivity contribution in [3.8, 4) is 5.75 Å². The van der Waals surface area contributed by atoms with Crippen LogP contribution < -0.4 is 9.84 Å². The number of hydrogen-bond acceptors (Lipinski definition) is 4. The largest absolute Gasteiger partial charge is 0.550 e. The first kappa shape index (κ1) is 15.4. The van der Waals surface area contributed by atoms with Crippen molar-refractivity contribution in [3.63, 3.8) is 0 Å². The highest BCUT2D eigenvalue weighted by molar-refractivity contribution is 5.78. The summed E-state index contributed by atoms with van der Waals surface area (Å²) in [5.74, 6) is -0.853. The van der Waals surface area contributed by atoms with E-state index in [2.05, 4.69) is 0 Å². The molecule has 21 heavy (non-hydrogen) atoms. The molecule has 1 aliphatic heterocycles. The molecule has 1 aliphatic rings. The lowest BCUT2D eigenvalue weighted by atomic mass is 9.97. The van der Waals surface area contributed by atoms with Crippen LogP contribution in [0.3, 0.4) is 0 Å². The first-order valence-corrected chi connectivity index (χ1v) is 7.16. The number of piperidine rings is 1. The monoisotopic (exact) mass is 290 g/mol. The second-order valence-corrected chi connectivity index (χ2v) is 5.53. The number of aliphatic carboxylic acids is 1. The molecule has 5 nitrogen and oxygen atoms in total. The van der Waals surface area contributed by atoms with Crippen LogP contribution in [0.25, 0.3) is 0 Å². The lowest BCUT2D eigenvalue weighted by Gasteiger charge is -2.32. The second kappa shape index (κ2) is 6.61. The van der Waals surface area contributed by atoms with Crippen molar-refractivity contribution < 1.29 is 19.4 Å². The third-order valence-corrected chi connectivity index (χ3v) is 3.86. The van der Waals surface area contributed by atoms with Gasteiger partial charge in [0.05, 0.1) is 0 Å². The number of nitrogens with zero attached hydrogens (tertiary/aromatic N) is 1. The average Bonchev–Trinajstić information content (AvgIpc) is 2.46. The maximum absolute atomic E-state index is 12.1. The standard InChI is InChI=1S/C16H21NO4/c1-11-3-4-14(12(2)9-11)21-10-15(18)17-7-5-13(6-8-17)16(19)20/h3-4,9,13H,5-8,10H2,1-2H3,(H,19,20)/p-1. The number of rotatable bonds is 4. The number of benzene rings is 1. The maximum Gasteiger partial charge on any atom is 0.260 e. The molecule has 1 saturated heterocycles. The predicted molar refractivity (Wildman–Crippen MR) is 75.7 cm³/mol. The van der Waals surface area contributed by atoms with Crippen molar-refractivity contribution in [3.05, 3.63) is 29.3 Å². The molecule has 1 amide bonds. The van der Waals surface area contributed by atoms with Crippen LogP contribution in [0, 0.1) is 19.8 Å². The zero-order valence-corrected chi connectivity index (χ0v) is 12.4. The first-order valence-electron chi connectivity index (χ1n) is 7.16. The maximum atomic E-state index is 12.1. The van der Waals surface area contributed by atoms with E-state index < -0.39 is 11.9 Å². The summed E-state index contributed by atoms with van der Waals surface area (Å²) in [6, 6.07) is 5.81. The molecule has 0 saturated carbocycles. The minimum atomic E-state index is -1.02. The van der Waals surface area contributed by atoms with Gasteiger partial charge in [0.15, 0.2) is 6.61 Å². The van der Waals surface area contributed by atoms with Crippen LogP contribution in [0.4, 0.5) is 0 Å². The summed E-state index contributed by atoms with van der Waals surface area (Å²) in [5.41, 5.74) is 2.15. The topological polar surface area (TPSA) is 69.7 Å². The molecule has 5 heteroatoms. The van der Waals surface area contributed by atoms with Crippen molar-refractivity contribution in [1.29, 1.82) is 0 Å². The molecule has 2 rings (SSSR count). The lowest BCUT2D eigenvalue weighted by Crippen LogP contribution is -2.45. The fraction of sp³-hybridized carbons (Fsp3) is 0.500. The van der Waals surface area contributed by atoms with Gasteiger partial charge in [-0.3, -0.25) is 4.79 Å². The Hall–Kier alpha value is -2.04. The van der Waals surface area contributed by atoms with Crippen LogP contribution in [0.1, 0.15) is 24.0 Å². The van der Waals surface area contributed by atoms with E-state index in [4.69, 9.17) is 4.74 Å². The van der Waals surface area contributed by atoms with Crippen molar-refractivity contribution in [2.24, 2.45) is 5.92 Å². The van der Waals surface area contributed by atoms with Gasteiger partial charge >= 0.3 is 0 Å². The number of likely N-dealkylation sites (tertiary alicyclic amines) is 1. The molecule has 0 aromatic heterocycles. The highest BCUT2D eigenvalue weighted by Crippen LogP contribution is 2.20. The van der Waals surface area contributed by atoms with E-state index in [0.717, 1.165) is 11.1 Å². The van der Waals surface area contributed by atoms with Gasteiger partial charge in [-0.15, -0.1) is 0 Å². The summed E-state index contributed by atoms with van der Waals surface area (Å²) in [7, 11) is 0. The normalized spacial score (nSPS) is 15.8. The quantitative estimate of drug-likeness (QED) is 0.817. The van der Waals surface area contributed by atoms with E-state index in [0.29, 0.717) is 31.7 Å². The first-order chi connectivity index (χ1) is 9.97. The second-order valence-electron chi connectivity index (χ2n) is 5.53. The summed E-state index contributed by atoms with van der Waals surface area (Å²) in [6.07, 6.45) is 0.912. The van der Waals surface area contributed by atoms with Crippen LogP contribution in [0.15, 0.2) is 18.2 Å². The molecule has 0 bridgehead atoms. The van der Waals surface area contributed by atoms with E-state index in [9.17, 15) is 14.7 Å². The van der Waals surface area contributed by atoms with Crippen molar-refractivity contribution in [2.45, 2.75) is 26.7 Å². The Morgan fingerprint density at radius 3 is 2.52 bits per heavy atom. The summed E-state index contributed by atoms with van der Waals surface area (Å²) < 4.78 is 5.56. The summed E-state index contributed by atoms with van der Waals surface area (Å²) >= 11 is 0. The molecule has 1 fully saturated rings.